The summed E-state index contributed by atoms with van der Waals surface area (Å²) in [5.41, 5.74) is 1.09. The second-order valence-corrected chi connectivity index (χ2v) is 8.41. The molecule has 2 aromatic carbocycles. The lowest BCUT2D eigenvalue weighted by Crippen LogP contribution is -2.45. The van der Waals surface area contributed by atoms with E-state index < -0.39 is 27.9 Å². The van der Waals surface area contributed by atoms with Gasteiger partial charge in [0.2, 0.25) is 11.8 Å². The first-order valence-electron chi connectivity index (χ1n) is 8.94. The summed E-state index contributed by atoms with van der Waals surface area (Å²) in [6.45, 7) is 1.71. The number of methoxy groups -OCH3 is 2. The fraction of sp³-hybridized carbons (Fsp3) is 0.300. The summed E-state index contributed by atoms with van der Waals surface area (Å²) in [6.07, 6.45) is 0.101. The van der Waals surface area contributed by atoms with Gasteiger partial charge in [-0.1, -0.05) is 0 Å². The first kappa shape index (κ1) is 20.7. The topological polar surface area (TPSA) is 102 Å². The van der Waals surface area contributed by atoms with Gasteiger partial charge in [-0.2, -0.15) is 0 Å². The average molecular weight is 418 g/mol. The molecule has 0 bridgehead atoms. The third kappa shape index (κ3) is 4.04. The van der Waals surface area contributed by atoms with Crippen LogP contribution in [0.5, 0.6) is 11.5 Å². The molecule has 0 aliphatic carbocycles. The van der Waals surface area contributed by atoms with E-state index in [-0.39, 0.29) is 17.7 Å². The van der Waals surface area contributed by atoms with Crippen LogP contribution in [0, 0.1) is 6.92 Å². The number of anilines is 1. The Kier molecular flexibility index (Phi) is 5.78. The highest BCUT2D eigenvalue weighted by atomic mass is 32.2. The van der Waals surface area contributed by atoms with Crippen molar-refractivity contribution >= 4 is 27.5 Å². The van der Waals surface area contributed by atoms with Crippen LogP contribution in [-0.4, -0.2) is 44.8 Å². The smallest absolute Gasteiger partial charge is 0.267 e. The number of aryl methyl sites for hydroxylation is 1. The van der Waals surface area contributed by atoms with Crippen LogP contribution in [0.1, 0.15) is 18.4 Å². The van der Waals surface area contributed by atoms with Crippen LogP contribution in [0.25, 0.3) is 0 Å². The van der Waals surface area contributed by atoms with Crippen LogP contribution in [-0.2, 0) is 19.6 Å². The van der Waals surface area contributed by atoms with Gasteiger partial charge in [0.15, 0.2) is 0 Å². The number of carbonyl (C=O) groups is 2. The van der Waals surface area contributed by atoms with Crippen molar-refractivity contribution < 1.29 is 27.5 Å². The first-order valence-corrected chi connectivity index (χ1v) is 10.4. The van der Waals surface area contributed by atoms with E-state index in [4.69, 9.17) is 9.47 Å². The van der Waals surface area contributed by atoms with E-state index in [1.165, 1.54) is 32.4 Å². The largest absolute Gasteiger partial charge is 0.497 e. The van der Waals surface area contributed by atoms with E-state index in [9.17, 15) is 18.0 Å². The maximum absolute atomic E-state index is 13.1. The zero-order chi connectivity index (χ0) is 21.2. The number of sulfonamides is 1. The number of carbonyl (C=O) groups excluding carboxylic acids is 2. The number of nitrogens with one attached hydrogen (secondary N) is 1. The van der Waals surface area contributed by atoms with Gasteiger partial charge in [-0.05, 0) is 61.4 Å². The Morgan fingerprint density at radius 1 is 1.10 bits per heavy atom. The van der Waals surface area contributed by atoms with Crippen molar-refractivity contribution in [2.24, 2.45) is 0 Å². The van der Waals surface area contributed by atoms with Crippen molar-refractivity contribution in [3.05, 3.63) is 48.0 Å². The average Bonchev–Trinajstić information content (AvgIpc) is 3.11. The van der Waals surface area contributed by atoms with E-state index in [1.807, 2.05) is 0 Å². The molecule has 0 saturated carbocycles. The summed E-state index contributed by atoms with van der Waals surface area (Å²) in [5, 5.41) is 2.67. The SMILES string of the molecule is COc1ccc(NC(=O)[C@@H]2CCC(=O)N2S(=O)(=O)c2ccc(OC)c(C)c2)cc1. The minimum Gasteiger partial charge on any atom is -0.497 e. The Bertz CT molecular complexity index is 1030. The van der Waals surface area contributed by atoms with Crippen molar-refractivity contribution in [3.63, 3.8) is 0 Å². The third-order valence-corrected chi connectivity index (χ3v) is 6.57. The van der Waals surface area contributed by atoms with Gasteiger partial charge in [-0.15, -0.1) is 0 Å². The Balaban J connectivity index is 1.87. The van der Waals surface area contributed by atoms with Gasteiger partial charge in [0.05, 0.1) is 19.1 Å². The van der Waals surface area contributed by atoms with Gasteiger partial charge in [0, 0.05) is 12.1 Å². The van der Waals surface area contributed by atoms with E-state index in [0.717, 1.165) is 0 Å². The summed E-state index contributed by atoms with van der Waals surface area (Å²) in [7, 11) is -1.17. The molecule has 0 radical (unpaired) electrons. The third-order valence-electron chi connectivity index (χ3n) is 4.74. The number of ether oxygens (including phenoxy) is 2. The van der Waals surface area contributed by atoms with Gasteiger partial charge >= 0.3 is 0 Å². The molecule has 1 heterocycles. The molecular formula is C20H22N2O6S. The number of hydrogen-bond donors (Lipinski definition) is 1. The van der Waals surface area contributed by atoms with Gasteiger partial charge in [-0.25, -0.2) is 12.7 Å². The molecule has 154 valence electrons. The zero-order valence-corrected chi connectivity index (χ0v) is 17.2. The summed E-state index contributed by atoms with van der Waals surface area (Å²) < 4.78 is 37.1. The number of nitrogens with zero attached hydrogens (tertiary/aromatic N) is 1. The van der Waals surface area contributed by atoms with Gasteiger partial charge in [0.1, 0.15) is 17.5 Å². The van der Waals surface area contributed by atoms with E-state index >= 15 is 0 Å². The van der Waals surface area contributed by atoms with Crippen molar-refractivity contribution in [1.82, 2.24) is 4.31 Å². The normalized spacial score (nSPS) is 16.6. The molecule has 1 aliphatic heterocycles. The summed E-state index contributed by atoms with van der Waals surface area (Å²) in [6, 6.07) is 9.82. The minimum atomic E-state index is -4.19. The number of benzene rings is 2. The van der Waals surface area contributed by atoms with E-state index in [0.29, 0.717) is 27.1 Å². The molecule has 9 heteroatoms. The second kappa shape index (κ2) is 8.12. The molecule has 1 fully saturated rings. The van der Waals surface area contributed by atoms with E-state index in [2.05, 4.69) is 5.32 Å². The molecule has 29 heavy (non-hydrogen) atoms. The fourth-order valence-corrected chi connectivity index (χ4v) is 4.91. The molecule has 3 rings (SSSR count). The zero-order valence-electron chi connectivity index (χ0n) is 16.3. The Labute approximate surface area is 169 Å². The van der Waals surface area contributed by atoms with Crippen LogP contribution in [0.3, 0.4) is 0 Å². The lowest BCUT2D eigenvalue weighted by atomic mass is 10.2. The highest BCUT2D eigenvalue weighted by molar-refractivity contribution is 7.89. The predicted octanol–water partition coefficient (Wildman–Crippen LogP) is 2.33. The van der Waals surface area contributed by atoms with Crippen molar-refractivity contribution in [2.45, 2.75) is 30.7 Å². The van der Waals surface area contributed by atoms with Crippen LogP contribution in [0.15, 0.2) is 47.4 Å². The highest BCUT2D eigenvalue weighted by Gasteiger charge is 2.44. The fourth-order valence-electron chi connectivity index (χ4n) is 3.23. The summed E-state index contributed by atoms with van der Waals surface area (Å²) >= 11 is 0. The molecule has 2 amide bonds. The van der Waals surface area contributed by atoms with Crippen molar-refractivity contribution in [2.75, 3.05) is 19.5 Å². The molecule has 0 aromatic heterocycles. The molecule has 8 nitrogen and oxygen atoms in total. The van der Waals surface area contributed by atoms with E-state index in [1.54, 1.807) is 31.2 Å². The maximum Gasteiger partial charge on any atom is 0.267 e. The Morgan fingerprint density at radius 2 is 1.79 bits per heavy atom. The number of hydrogen-bond acceptors (Lipinski definition) is 6. The van der Waals surface area contributed by atoms with Crippen LogP contribution >= 0.6 is 0 Å². The van der Waals surface area contributed by atoms with Gasteiger partial charge in [0.25, 0.3) is 10.0 Å². The van der Waals surface area contributed by atoms with Crippen LogP contribution < -0.4 is 14.8 Å². The molecule has 1 saturated heterocycles. The Hall–Kier alpha value is -3.07. The molecule has 1 atom stereocenters. The molecule has 0 unspecified atom stereocenters. The van der Waals surface area contributed by atoms with Gasteiger partial charge in [-0.3, -0.25) is 9.59 Å². The Morgan fingerprint density at radius 3 is 2.38 bits per heavy atom. The monoisotopic (exact) mass is 418 g/mol. The molecule has 1 N–H and O–H groups in total. The van der Waals surface area contributed by atoms with Gasteiger partial charge < -0.3 is 14.8 Å². The quantitative estimate of drug-likeness (QED) is 0.773. The molecular weight excluding hydrogens is 396 g/mol. The molecule has 2 aromatic rings. The highest BCUT2D eigenvalue weighted by Crippen LogP contribution is 2.30. The van der Waals surface area contributed by atoms with Crippen LogP contribution in [0.2, 0.25) is 0 Å². The molecule has 1 aliphatic rings. The maximum atomic E-state index is 13.1. The summed E-state index contributed by atoms with van der Waals surface area (Å²) in [4.78, 5) is 25.1. The van der Waals surface area contributed by atoms with Crippen molar-refractivity contribution in [3.8, 4) is 11.5 Å². The lowest BCUT2D eigenvalue weighted by molar-refractivity contribution is -0.128. The first-order chi connectivity index (χ1) is 13.8. The number of rotatable bonds is 6. The standard InChI is InChI=1S/C20H22N2O6S/c1-13-12-16(8-10-18(13)28-3)29(25,26)22-17(9-11-19(22)23)20(24)21-14-4-6-15(27-2)7-5-14/h4-8,10,12,17H,9,11H2,1-3H3,(H,21,24)/t17-/m0/s1. The number of amides is 2. The lowest BCUT2D eigenvalue weighted by Gasteiger charge is -2.24. The molecule has 0 spiro atoms. The van der Waals surface area contributed by atoms with Crippen molar-refractivity contribution in [1.29, 1.82) is 0 Å². The predicted molar refractivity (Wildman–Crippen MR) is 106 cm³/mol. The second-order valence-electron chi connectivity index (χ2n) is 6.60. The summed E-state index contributed by atoms with van der Waals surface area (Å²) in [5.74, 6) is -0.00759. The minimum absolute atomic E-state index is 0.0188. The van der Waals surface area contributed by atoms with Crippen LogP contribution in [0.4, 0.5) is 5.69 Å².